The average Bonchev–Trinajstić information content (AvgIpc) is 3.39. The normalized spacial score (nSPS) is 13.8. The van der Waals surface area contributed by atoms with Crippen molar-refractivity contribution in [2.75, 3.05) is 0 Å². The van der Waals surface area contributed by atoms with Crippen LogP contribution in [0.3, 0.4) is 0 Å². The summed E-state index contributed by atoms with van der Waals surface area (Å²) in [6, 6.07) is 0. The van der Waals surface area contributed by atoms with Crippen LogP contribution in [-0.2, 0) is 0 Å². The Morgan fingerprint density at radius 2 is 0.743 bits per heavy atom. The van der Waals surface area contributed by atoms with Gasteiger partial charge in [0.15, 0.2) is 12.4 Å². The predicted octanol–water partition coefficient (Wildman–Crippen LogP) is 11.8. The summed E-state index contributed by atoms with van der Waals surface area (Å²) in [6.45, 7) is 4.61. The molecular weight excluding hydrogens is 424 g/mol. The molecule has 0 bridgehead atoms. The molecule has 1 unspecified atom stereocenters. The summed E-state index contributed by atoms with van der Waals surface area (Å²) in [6.07, 6.45) is 43.2. The summed E-state index contributed by atoms with van der Waals surface area (Å²) in [7, 11) is 0. The van der Waals surface area contributed by atoms with Crippen molar-refractivity contribution in [1.82, 2.24) is 0 Å². The van der Waals surface area contributed by atoms with E-state index in [0.717, 1.165) is 18.5 Å². The molecule has 35 heavy (non-hydrogen) atoms. The van der Waals surface area contributed by atoms with Gasteiger partial charge in [-0.2, -0.15) is 0 Å². The smallest absolute Gasteiger partial charge is 0.0968 e. The minimum Gasteiger partial charge on any atom is -0.0968 e. The summed E-state index contributed by atoms with van der Waals surface area (Å²) in [4.78, 5) is 8.79. The number of unbranched alkanes of at least 4 members (excludes halogenated alkanes) is 21. The van der Waals surface area contributed by atoms with Crippen molar-refractivity contribution < 1.29 is 0 Å². The Morgan fingerprint density at radius 1 is 0.429 bits per heavy atom. The Bertz CT molecular complexity index is 458. The van der Waals surface area contributed by atoms with Crippen molar-refractivity contribution in [3.8, 4) is 0 Å². The van der Waals surface area contributed by atoms with Crippen LogP contribution in [-0.4, -0.2) is 12.4 Å². The Kier molecular flexibility index (Phi) is 24.2. The van der Waals surface area contributed by atoms with Gasteiger partial charge in [0.1, 0.15) is 0 Å². The lowest BCUT2D eigenvalue weighted by Gasteiger charge is -2.16. The summed E-state index contributed by atoms with van der Waals surface area (Å²) < 4.78 is 0. The quantitative estimate of drug-likeness (QED) is 0.0774. The van der Waals surface area contributed by atoms with Gasteiger partial charge in [0.2, 0.25) is 6.17 Å². The first-order valence-electron chi connectivity index (χ1n) is 16.3. The van der Waals surface area contributed by atoms with Crippen LogP contribution < -0.4 is 0 Å². The maximum Gasteiger partial charge on any atom is 0.240 e. The van der Waals surface area contributed by atoms with Crippen LogP contribution in [0.15, 0.2) is 9.98 Å². The van der Waals surface area contributed by atoms with E-state index in [1.54, 1.807) is 0 Å². The monoisotopic (exact) mass is 487 g/mol. The predicted molar refractivity (Wildman–Crippen MR) is 160 cm³/mol. The first-order chi connectivity index (χ1) is 17.4. The Balaban J connectivity index is 1.96. The number of rotatable bonds is 28. The molecule has 204 valence electrons. The second kappa shape index (κ2) is 26.3. The molecule has 1 aliphatic heterocycles. The molecule has 1 rings (SSSR count). The summed E-state index contributed by atoms with van der Waals surface area (Å²) in [5.74, 6) is 0.885. The SMILES string of the molecule is CCCCCCCCCCCCCCCCCCC(CCCCCCCCC)CC[C+]1N=CC=N1. The Labute approximate surface area is 221 Å². The van der Waals surface area contributed by atoms with Crippen LogP contribution in [0.5, 0.6) is 0 Å². The molecule has 0 aromatic heterocycles. The third-order valence-corrected chi connectivity index (χ3v) is 7.97. The van der Waals surface area contributed by atoms with Gasteiger partial charge >= 0.3 is 0 Å². The zero-order valence-corrected chi connectivity index (χ0v) is 24.2. The zero-order valence-electron chi connectivity index (χ0n) is 24.2. The molecular formula is C33H63N2+. The highest BCUT2D eigenvalue weighted by molar-refractivity contribution is 6.18. The minimum atomic E-state index is 0.885. The van der Waals surface area contributed by atoms with Crippen LogP contribution in [0.1, 0.15) is 187 Å². The molecule has 0 spiro atoms. The standard InChI is InChI=1S/C33H63N2/c1-3-5-7-9-11-12-13-14-15-16-17-18-19-21-23-25-27-32(28-29-33-34-30-31-35-33)26-24-22-20-10-8-6-4-2/h30-32H,3-29H2,1-2H3/q+1. The second-order valence-electron chi connectivity index (χ2n) is 11.4. The average molecular weight is 488 g/mol. The topological polar surface area (TPSA) is 24.7 Å². The van der Waals surface area contributed by atoms with Crippen LogP contribution >= 0.6 is 0 Å². The van der Waals surface area contributed by atoms with Crippen molar-refractivity contribution in [3.05, 3.63) is 6.17 Å². The fourth-order valence-electron chi connectivity index (χ4n) is 5.54. The summed E-state index contributed by atoms with van der Waals surface area (Å²) >= 11 is 0. The van der Waals surface area contributed by atoms with Gasteiger partial charge in [-0.05, 0) is 12.3 Å². The van der Waals surface area contributed by atoms with E-state index in [1.807, 2.05) is 12.4 Å². The number of hydrogen-bond acceptors (Lipinski definition) is 2. The fraction of sp³-hybridized carbons (Fsp3) is 0.909. The molecule has 0 radical (unpaired) electrons. The molecule has 0 aromatic rings. The van der Waals surface area contributed by atoms with Crippen molar-refractivity contribution in [1.29, 1.82) is 0 Å². The van der Waals surface area contributed by atoms with E-state index < -0.39 is 0 Å². The first kappa shape index (κ1) is 32.2. The van der Waals surface area contributed by atoms with Crippen LogP contribution in [0.2, 0.25) is 0 Å². The van der Waals surface area contributed by atoms with E-state index in [-0.39, 0.29) is 0 Å². The van der Waals surface area contributed by atoms with Crippen LogP contribution in [0.4, 0.5) is 0 Å². The molecule has 1 heterocycles. The highest BCUT2D eigenvalue weighted by Gasteiger charge is 2.18. The third kappa shape index (κ3) is 22.2. The first-order valence-corrected chi connectivity index (χ1v) is 16.3. The molecule has 0 fully saturated rings. The molecule has 1 atom stereocenters. The lowest BCUT2D eigenvalue weighted by atomic mass is 9.90. The van der Waals surface area contributed by atoms with E-state index in [2.05, 4.69) is 23.8 Å². The lowest BCUT2D eigenvalue weighted by molar-refractivity contribution is 0.373. The minimum absolute atomic E-state index is 0.885. The maximum atomic E-state index is 4.39. The van der Waals surface area contributed by atoms with Gasteiger partial charge in [-0.15, -0.1) is 0 Å². The van der Waals surface area contributed by atoms with E-state index >= 15 is 0 Å². The lowest BCUT2D eigenvalue weighted by Crippen LogP contribution is -2.03. The van der Waals surface area contributed by atoms with Crippen molar-refractivity contribution in [3.63, 3.8) is 0 Å². The van der Waals surface area contributed by atoms with Crippen LogP contribution in [0.25, 0.3) is 0 Å². The van der Waals surface area contributed by atoms with Gasteiger partial charge in [-0.3, -0.25) is 0 Å². The number of aliphatic imine (C=N–C) groups is 2. The Morgan fingerprint density at radius 3 is 1.09 bits per heavy atom. The molecule has 0 aliphatic carbocycles. The molecule has 0 saturated carbocycles. The van der Waals surface area contributed by atoms with Crippen LogP contribution in [0, 0.1) is 12.1 Å². The molecule has 0 saturated heterocycles. The number of nitrogens with zero attached hydrogens (tertiary/aromatic N) is 2. The van der Waals surface area contributed by atoms with Gasteiger partial charge in [0.05, 0.1) is 6.42 Å². The van der Waals surface area contributed by atoms with Gasteiger partial charge in [0, 0.05) is 0 Å². The number of hydrogen-bond donors (Lipinski definition) is 0. The highest BCUT2D eigenvalue weighted by Crippen LogP contribution is 2.27. The molecule has 0 amide bonds. The van der Waals surface area contributed by atoms with E-state index in [9.17, 15) is 0 Å². The molecule has 0 aromatic carbocycles. The van der Waals surface area contributed by atoms with E-state index in [1.165, 1.54) is 167 Å². The van der Waals surface area contributed by atoms with Crippen molar-refractivity contribution in [2.45, 2.75) is 187 Å². The second-order valence-corrected chi connectivity index (χ2v) is 11.4. The molecule has 0 N–H and O–H groups in total. The largest absolute Gasteiger partial charge is 0.240 e. The van der Waals surface area contributed by atoms with Gasteiger partial charge in [0.25, 0.3) is 0 Å². The molecule has 2 nitrogen and oxygen atoms in total. The van der Waals surface area contributed by atoms with E-state index in [4.69, 9.17) is 0 Å². The highest BCUT2D eigenvalue weighted by atomic mass is 15.0. The maximum absolute atomic E-state index is 4.39. The van der Waals surface area contributed by atoms with Gasteiger partial charge in [-0.1, -0.05) is 184 Å². The van der Waals surface area contributed by atoms with Gasteiger partial charge in [-0.25, -0.2) is 0 Å². The van der Waals surface area contributed by atoms with Crippen molar-refractivity contribution >= 4 is 12.4 Å². The zero-order chi connectivity index (χ0) is 25.1. The van der Waals surface area contributed by atoms with Gasteiger partial charge < -0.3 is 0 Å². The third-order valence-electron chi connectivity index (χ3n) is 7.97. The Hall–Kier alpha value is -0.790. The van der Waals surface area contributed by atoms with E-state index in [0.29, 0.717) is 0 Å². The fourth-order valence-corrected chi connectivity index (χ4v) is 5.54. The summed E-state index contributed by atoms with van der Waals surface area (Å²) in [5, 5.41) is 0. The molecule has 2 heteroatoms. The van der Waals surface area contributed by atoms with Crippen molar-refractivity contribution in [2.24, 2.45) is 15.9 Å². The molecule has 1 aliphatic rings. The summed E-state index contributed by atoms with van der Waals surface area (Å²) in [5.41, 5.74) is 0.